The van der Waals surface area contributed by atoms with E-state index < -0.39 is 0 Å². The number of amides is 2. The highest BCUT2D eigenvalue weighted by atomic mass is 16.5. The van der Waals surface area contributed by atoms with E-state index in [1.807, 2.05) is 0 Å². The zero-order valence-corrected chi connectivity index (χ0v) is 17.8. The van der Waals surface area contributed by atoms with Crippen LogP contribution in [0.5, 0.6) is 11.5 Å². The maximum Gasteiger partial charge on any atom is 0.257 e. The molecule has 1 aliphatic rings. The van der Waals surface area contributed by atoms with Crippen molar-refractivity contribution in [2.45, 2.75) is 58.9 Å². The number of likely N-dealkylation sites (N-methyl/N-ethyl adjacent to an activating group) is 1. The molecule has 28 heavy (non-hydrogen) atoms. The molecule has 1 fully saturated rings. The van der Waals surface area contributed by atoms with Gasteiger partial charge in [-0.2, -0.15) is 0 Å². The first-order valence-electron chi connectivity index (χ1n) is 10.1. The number of rotatable bonds is 8. The Labute approximate surface area is 168 Å². The van der Waals surface area contributed by atoms with E-state index in [0.29, 0.717) is 22.5 Å². The van der Waals surface area contributed by atoms with E-state index in [-0.39, 0.29) is 24.5 Å². The van der Waals surface area contributed by atoms with E-state index >= 15 is 0 Å². The van der Waals surface area contributed by atoms with Gasteiger partial charge in [-0.1, -0.05) is 27.2 Å². The molecule has 0 spiro atoms. The highest BCUT2D eigenvalue weighted by Crippen LogP contribution is 2.40. The number of hydrogen-bond acceptors (Lipinski definition) is 4. The average molecular weight is 391 g/mol. The van der Waals surface area contributed by atoms with Crippen LogP contribution in [0.25, 0.3) is 0 Å². The minimum absolute atomic E-state index is 0.101. The number of methoxy groups -OCH3 is 1. The van der Waals surface area contributed by atoms with Crippen molar-refractivity contribution in [3.05, 3.63) is 23.8 Å². The third-order valence-corrected chi connectivity index (χ3v) is 6.14. The number of nitrogens with one attached hydrogen (secondary N) is 2. The van der Waals surface area contributed by atoms with Gasteiger partial charge >= 0.3 is 0 Å². The van der Waals surface area contributed by atoms with Gasteiger partial charge in [-0.05, 0) is 55.2 Å². The summed E-state index contributed by atoms with van der Waals surface area (Å²) >= 11 is 0. The number of carbonyl (C=O) groups excluding carboxylic acids is 2. The fourth-order valence-electron chi connectivity index (χ4n) is 3.72. The Morgan fingerprint density at radius 2 is 1.82 bits per heavy atom. The van der Waals surface area contributed by atoms with Gasteiger partial charge in [-0.15, -0.1) is 0 Å². The predicted octanol–water partition coefficient (Wildman–Crippen LogP) is 3.54. The molecule has 2 N–H and O–H groups in total. The summed E-state index contributed by atoms with van der Waals surface area (Å²) in [4.78, 5) is 24.0. The topological polar surface area (TPSA) is 76.7 Å². The van der Waals surface area contributed by atoms with Crippen LogP contribution in [0.3, 0.4) is 0 Å². The van der Waals surface area contributed by atoms with Crippen molar-refractivity contribution in [2.75, 3.05) is 20.8 Å². The number of hydrogen-bond donors (Lipinski definition) is 2. The van der Waals surface area contributed by atoms with Crippen molar-refractivity contribution >= 4 is 11.8 Å². The average Bonchev–Trinajstić information content (AvgIpc) is 2.72. The van der Waals surface area contributed by atoms with E-state index in [0.717, 1.165) is 31.6 Å². The van der Waals surface area contributed by atoms with E-state index in [1.54, 1.807) is 25.2 Å². The maximum absolute atomic E-state index is 12.7. The third kappa shape index (κ3) is 5.63. The van der Waals surface area contributed by atoms with Crippen molar-refractivity contribution in [3.8, 4) is 11.5 Å². The SMILES string of the molecule is CCC(C)(C)C1CCC(NC(=O)c2ccc(OCC(=O)NC)c(OC)c2)CC1. The molecule has 6 heteroatoms. The molecule has 1 saturated carbocycles. The molecule has 0 aliphatic heterocycles. The molecule has 0 aromatic heterocycles. The first-order chi connectivity index (χ1) is 13.3. The molecule has 0 unspecified atom stereocenters. The lowest BCUT2D eigenvalue weighted by molar-refractivity contribution is -0.122. The molecular weight excluding hydrogens is 356 g/mol. The monoisotopic (exact) mass is 390 g/mol. The zero-order valence-electron chi connectivity index (χ0n) is 17.8. The summed E-state index contributed by atoms with van der Waals surface area (Å²) in [5.41, 5.74) is 0.896. The molecule has 2 rings (SSSR count). The molecule has 0 bridgehead atoms. The first kappa shape index (κ1) is 22.1. The quantitative estimate of drug-likeness (QED) is 0.712. The fourth-order valence-corrected chi connectivity index (χ4v) is 3.72. The van der Waals surface area contributed by atoms with Gasteiger partial charge < -0.3 is 20.1 Å². The van der Waals surface area contributed by atoms with Crippen LogP contribution in [-0.4, -0.2) is 38.6 Å². The molecule has 0 heterocycles. The minimum atomic E-state index is -0.231. The minimum Gasteiger partial charge on any atom is -0.493 e. The van der Waals surface area contributed by atoms with Crippen LogP contribution in [0.4, 0.5) is 0 Å². The molecule has 6 nitrogen and oxygen atoms in total. The van der Waals surface area contributed by atoms with Gasteiger partial charge in [0.1, 0.15) is 0 Å². The molecule has 1 aromatic rings. The van der Waals surface area contributed by atoms with Crippen LogP contribution in [0.1, 0.15) is 63.2 Å². The summed E-state index contributed by atoms with van der Waals surface area (Å²) < 4.78 is 10.8. The number of ether oxygens (including phenoxy) is 2. The molecule has 0 radical (unpaired) electrons. The summed E-state index contributed by atoms with van der Waals surface area (Å²) in [7, 11) is 3.06. The van der Waals surface area contributed by atoms with Gasteiger partial charge in [0.05, 0.1) is 7.11 Å². The van der Waals surface area contributed by atoms with Crippen LogP contribution in [-0.2, 0) is 4.79 Å². The van der Waals surface area contributed by atoms with Gasteiger partial charge in [0, 0.05) is 18.7 Å². The summed E-state index contributed by atoms with van der Waals surface area (Å²) in [6, 6.07) is 5.23. The van der Waals surface area contributed by atoms with Gasteiger partial charge in [0.25, 0.3) is 11.8 Å². The Kier molecular flexibility index (Phi) is 7.72. The highest BCUT2D eigenvalue weighted by Gasteiger charge is 2.32. The zero-order chi connectivity index (χ0) is 20.7. The number of carbonyl (C=O) groups is 2. The van der Waals surface area contributed by atoms with Crippen molar-refractivity contribution in [3.63, 3.8) is 0 Å². The standard InChI is InChI=1S/C22H34N2O4/c1-6-22(2,3)16-8-10-17(11-9-16)24-21(26)15-7-12-18(19(13-15)27-5)28-14-20(25)23-4/h7,12-13,16-17H,6,8-11,14H2,1-5H3,(H,23,25)(H,24,26). The smallest absolute Gasteiger partial charge is 0.257 e. The van der Waals surface area contributed by atoms with Crippen molar-refractivity contribution in [2.24, 2.45) is 11.3 Å². The van der Waals surface area contributed by atoms with Crippen LogP contribution >= 0.6 is 0 Å². The number of benzene rings is 1. The second-order valence-corrected chi connectivity index (χ2v) is 8.19. The van der Waals surface area contributed by atoms with E-state index in [4.69, 9.17) is 9.47 Å². The van der Waals surface area contributed by atoms with Crippen LogP contribution in [0.15, 0.2) is 18.2 Å². The van der Waals surface area contributed by atoms with Crippen LogP contribution in [0.2, 0.25) is 0 Å². The predicted molar refractivity (Wildman–Crippen MR) is 110 cm³/mol. The summed E-state index contributed by atoms with van der Waals surface area (Å²) in [6.45, 7) is 6.84. The molecule has 2 amide bonds. The van der Waals surface area contributed by atoms with Crippen molar-refractivity contribution in [1.29, 1.82) is 0 Å². The summed E-state index contributed by atoms with van der Waals surface area (Å²) in [6.07, 6.45) is 5.53. The van der Waals surface area contributed by atoms with Gasteiger partial charge in [-0.3, -0.25) is 9.59 Å². The Balaban J connectivity index is 1.95. The maximum atomic E-state index is 12.7. The Bertz CT molecular complexity index is 679. The van der Waals surface area contributed by atoms with Gasteiger partial charge in [-0.25, -0.2) is 0 Å². The van der Waals surface area contributed by atoms with Gasteiger partial charge in [0.2, 0.25) is 0 Å². The Hall–Kier alpha value is -2.24. The molecule has 1 aromatic carbocycles. The van der Waals surface area contributed by atoms with E-state index in [9.17, 15) is 9.59 Å². The van der Waals surface area contributed by atoms with E-state index in [1.165, 1.54) is 13.5 Å². The lowest BCUT2D eigenvalue weighted by Gasteiger charge is -2.39. The third-order valence-electron chi connectivity index (χ3n) is 6.14. The molecule has 1 aliphatic carbocycles. The normalized spacial score (nSPS) is 19.6. The van der Waals surface area contributed by atoms with Crippen molar-refractivity contribution in [1.82, 2.24) is 10.6 Å². The summed E-state index contributed by atoms with van der Waals surface area (Å²) in [5, 5.41) is 5.65. The first-order valence-corrected chi connectivity index (χ1v) is 10.1. The summed E-state index contributed by atoms with van der Waals surface area (Å²) in [5.74, 6) is 1.26. The second-order valence-electron chi connectivity index (χ2n) is 8.19. The molecule has 0 saturated heterocycles. The second kappa shape index (κ2) is 9.80. The fraction of sp³-hybridized carbons (Fsp3) is 0.636. The largest absolute Gasteiger partial charge is 0.493 e. The molecule has 156 valence electrons. The van der Waals surface area contributed by atoms with Crippen molar-refractivity contribution < 1.29 is 19.1 Å². The van der Waals surface area contributed by atoms with E-state index in [2.05, 4.69) is 31.4 Å². The Morgan fingerprint density at radius 1 is 1.14 bits per heavy atom. The van der Waals surface area contributed by atoms with Gasteiger partial charge in [0.15, 0.2) is 18.1 Å². The molecule has 0 atom stereocenters. The van der Waals surface area contributed by atoms with Crippen LogP contribution in [0, 0.1) is 11.3 Å². The lowest BCUT2D eigenvalue weighted by Crippen LogP contribution is -2.39. The molecular formula is C22H34N2O4. The highest BCUT2D eigenvalue weighted by molar-refractivity contribution is 5.95. The lowest BCUT2D eigenvalue weighted by atomic mass is 9.69. The van der Waals surface area contributed by atoms with Crippen LogP contribution < -0.4 is 20.1 Å². The Morgan fingerprint density at radius 3 is 2.39 bits per heavy atom.